The molecule has 0 spiro atoms. The molecule has 3 N–H and O–H groups in total. The maximum absolute atomic E-state index is 13.8. The van der Waals surface area contributed by atoms with Crippen LogP contribution in [-0.4, -0.2) is 17.1 Å². The Hall–Kier alpha value is -3.15. The molecule has 1 heterocycles. The number of nitrogens with zero attached hydrogens (tertiary/aromatic N) is 2. The van der Waals surface area contributed by atoms with Crippen molar-refractivity contribution in [3.05, 3.63) is 60.7 Å². The van der Waals surface area contributed by atoms with Gasteiger partial charge >= 0.3 is 0 Å². The van der Waals surface area contributed by atoms with E-state index in [2.05, 4.69) is 15.3 Å². The quantitative estimate of drug-likeness (QED) is 0.720. The van der Waals surface area contributed by atoms with Crippen LogP contribution in [0.1, 0.15) is 0 Å². The third kappa shape index (κ3) is 3.37. The summed E-state index contributed by atoms with van der Waals surface area (Å²) in [6.07, 6.45) is 1.42. The van der Waals surface area contributed by atoms with Crippen molar-refractivity contribution in [1.82, 2.24) is 9.97 Å². The number of rotatable bonds is 4. The number of nitrogens with one attached hydrogen (secondary N) is 1. The predicted molar refractivity (Wildman–Crippen MR) is 88.1 cm³/mol. The number of nitrogen functional groups attached to an aromatic ring is 1. The van der Waals surface area contributed by atoms with Gasteiger partial charge in [0.1, 0.15) is 23.7 Å². The smallest absolute Gasteiger partial charge is 0.146 e. The molecule has 3 aromatic rings. The van der Waals surface area contributed by atoms with E-state index in [9.17, 15) is 4.39 Å². The molecule has 5 nitrogen and oxygen atoms in total. The summed E-state index contributed by atoms with van der Waals surface area (Å²) in [7, 11) is 1.61. The van der Waals surface area contributed by atoms with Crippen LogP contribution in [0.4, 0.5) is 21.6 Å². The fraction of sp³-hybridized carbons (Fsp3) is 0.0588. The highest BCUT2D eigenvalue weighted by Gasteiger charge is 2.07. The van der Waals surface area contributed by atoms with E-state index in [-0.39, 0.29) is 5.69 Å². The van der Waals surface area contributed by atoms with Crippen LogP contribution in [0.25, 0.3) is 11.3 Å². The Bertz CT molecular complexity index is 838. The van der Waals surface area contributed by atoms with Gasteiger partial charge in [-0.05, 0) is 30.3 Å². The lowest BCUT2D eigenvalue weighted by Crippen LogP contribution is -1.99. The van der Waals surface area contributed by atoms with E-state index in [1.165, 1.54) is 24.5 Å². The summed E-state index contributed by atoms with van der Waals surface area (Å²) >= 11 is 0. The number of halogens is 1. The SMILES string of the molecule is COc1cccc(-c2cc(Nc3cc(N)ccc3F)ncn2)c1. The second-order valence-corrected chi connectivity index (χ2v) is 4.88. The second kappa shape index (κ2) is 6.31. The predicted octanol–water partition coefficient (Wildman–Crippen LogP) is 3.62. The first-order valence-electron chi connectivity index (χ1n) is 6.94. The summed E-state index contributed by atoms with van der Waals surface area (Å²) in [6.45, 7) is 0. The van der Waals surface area contributed by atoms with Crippen LogP contribution in [0.5, 0.6) is 5.75 Å². The van der Waals surface area contributed by atoms with Crippen molar-refractivity contribution in [2.45, 2.75) is 0 Å². The third-order valence-corrected chi connectivity index (χ3v) is 3.29. The lowest BCUT2D eigenvalue weighted by molar-refractivity contribution is 0.415. The van der Waals surface area contributed by atoms with E-state index in [0.29, 0.717) is 17.2 Å². The fourth-order valence-corrected chi connectivity index (χ4v) is 2.14. The van der Waals surface area contributed by atoms with Gasteiger partial charge in [0.05, 0.1) is 18.5 Å². The molecule has 2 aromatic carbocycles. The van der Waals surface area contributed by atoms with Crippen LogP contribution in [0.15, 0.2) is 54.9 Å². The molecule has 1 aromatic heterocycles. The normalized spacial score (nSPS) is 10.3. The zero-order chi connectivity index (χ0) is 16.2. The van der Waals surface area contributed by atoms with Gasteiger partial charge in [0.25, 0.3) is 0 Å². The highest BCUT2D eigenvalue weighted by atomic mass is 19.1. The number of ether oxygens (including phenoxy) is 1. The van der Waals surface area contributed by atoms with E-state index in [1.54, 1.807) is 13.2 Å². The summed E-state index contributed by atoms with van der Waals surface area (Å²) in [4.78, 5) is 8.35. The van der Waals surface area contributed by atoms with E-state index in [0.717, 1.165) is 11.3 Å². The number of methoxy groups -OCH3 is 1. The minimum atomic E-state index is -0.402. The van der Waals surface area contributed by atoms with Crippen molar-refractivity contribution in [3.63, 3.8) is 0 Å². The maximum atomic E-state index is 13.8. The van der Waals surface area contributed by atoms with Gasteiger partial charge in [0.2, 0.25) is 0 Å². The van der Waals surface area contributed by atoms with Crippen molar-refractivity contribution in [2.24, 2.45) is 0 Å². The molecule has 116 valence electrons. The van der Waals surface area contributed by atoms with Crippen LogP contribution >= 0.6 is 0 Å². The molecule has 0 saturated heterocycles. The molecule has 0 amide bonds. The Labute approximate surface area is 133 Å². The van der Waals surface area contributed by atoms with E-state index >= 15 is 0 Å². The molecule has 6 heteroatoms. The van der Waals surface area contributed by atoms with Gasteiger partial charge in [-0.3, -0.25) is 0 Å². The average Bonchev–Trinajstić information content (AvgIpc) is 2.58. The van der Waals surface area contributed by atoms with Crippen LogP contribution in [0.3, 0.4) is 0 Å². The molecule has 0 saturated carbocycles. The number of hydrogen-bond acceptors (Lipinski definition) is 5. The number of nitrogens with two attached hydrogens (primary N) is 1. The third-order valence-electron chi connectivity index (χ3n) is 3.29. The first-order chi connectivity index (χ1) is 11.2. The lowest BCUT2D eigenvalue weighted by Gasteiger charge is -2.09. The minimum Gasteiger partial charge on any atom is -0.497 e. The first kappa shape index (κ1) is 14.8. The minimum absolute atomic E-state index is 0.264. The Balaban J connectivity index is 1.92. The Morgan fingerprint density at radius 2 is 1.96 bits per heavy atom. The van der Waals surface area contributed by atoms with Gasteiger partial charge in [-0.1, -0.05) is 12.1 Å². The van der Waals surface area contributed by atoms with Crippen molar-refractivity contribution in [3.8, 4) is 17.0 Å². The summed E-state index contributed by atoms with van der Waals surface area (Å²) in [5.74, 6) is 0.806. The van der Waals surface area contributed by atoms with Crippen molar-refractivity contribution >= 4 is 17.2 Å². The van der Waals surface area contributed by atoms with E-state index in [1.807, 2.05) is 24.3 Å². The monoisotopic (exact) mass is 310 g/mol. The van der Waals surface area contributed by atoms with Crippen LogP contribution in [-0.2, 0) is 0 Å². The van der Waals surface area contributed by atoms with Gasteiger partial charge in [-0.15, -0.1) is 0 Å². The molecular weight excluding hydrogens is 295 g/mol. The zero-order valence-corrected chi connectivity index (χ0v) is 12.5. The molecule has 23 heavy (non-hydrogen) atoms. The van der Waals surface area contributed by atoms with Crippen molar-refractivity contribution in [1.29, 1.82) is 0 Å². The standard InChI is InChI=1S/C17H15FN4O/c1-23-13-4-2-3-11(7-13)15-9-17(21-10-20-15)22-16-8-12(19)5-6-14(16)18/h2-10H,19H2,1H3,(H,20,21,22). The first-order valence-corrected chi connectivity index (χ1v) is 6.94. The number of benzene rings is 2. The zero-order valence-electron chi connectivity index (χ0n) is 12.5. The molecule has 3 rings (SSSR count). The highest BCUT2D eigenvalue weighted by molar-refractivity contribution is 5.67. The molecular formula is C17H15FN4O. The molecule has 0 unspecified atom stereocenters. The van der Waals surface area contributed by atoms with Gasteiger partial charge in [-0.2, -0.15) is 0 Å². The summed E-state index contributed by atoms with van der Waals surface area (Å²) in [5, 5.41) is 2.91. The topological polar surface area (TPSA) is 73.1 Å². The van der Waals surface area contributed by atoms with E-state index in [4.69, 9.17) is 10.5 Å². The Kier molecular flexibility index (Phi) is 4.05. The summed E-state index contributed by atoms with van der Waals surface area (Å²) < 4.78 is 19.0. The second-order valence-electron chi connectivity index (χ2n) is 4.88. The summed E-state index contributed by atoms with van der Waals surface area (Å²) in [5.41, 5.74) is 7.99. The molecule has 0 fully saturated rings. The number of hydrogen-bond donors (Lipinski definition) is 2. The molecule has 0 aliphatic rings. The van der Waals surface area contributed by atoms with Gasteiger partial charge in [-0.25, -0.2) is 14.4 Å². The van der Waals surface area contributed by atoms with Gasteiger partial charge < -0.3 is 15.8 Å². The van der Waals surface area contributed by atoms with E-state index < -0.39 is 5.82 Å². The Morgan fingerprint density at radius 1 is 1.09 bits per heavy atom. The summed E-state index contributed by atoms with van der Waals surface area (Å²) in [6, 6.07) is 13.6. The Morgan fingerprint density at radius 3 is 2.78 bits per heavy atom. The molecule has 0 radical (unpaired) electrons. The largest absolute Gasteiger partial charge is 0.497 e. The van der Waals surface area contributed by atoms with Gasteiger partial charge in [0.15, 0.2) is 0 Å². The molecule has 0 aliphatic heterocycles. The molecule has 0 atom stereocenters. The fourth-order valence-electron chi connectivity index (χ4n) is 2.14. The highest BCUT2D eigenvalue weighted by Crippen LogP contribution is 2.25. The average molecular weight is 310 g/mol. The number of aromatic nitrogens is 2. The lowest BCUT2D eigenvalue weighted by atomic mass is 10.1. The van der Waals surface area contributed by atoms with Crippen molar-refractivity contribution < 1.29 is 9.13 Å². The van der Waals surface area contributed by atoms with Crippen molar-refractivity contribution in [2.75, 3.05) is 18.2 Å². The van der Waals surface area contributed by atoms with Crippen LogP contribution < -0.4 is 15.8 Å². The molecule has 0 aliphatic carbocycles. The number of anilines is 3. The maximum Gasteiger partial charge on any atom is 0.146 e. The van der Waals surface area contributed by atoms with Crippen LogP contribution in [0, 0.1) is 5.82 Å². The van der Waals surface area contributed by atoms with Crippen LogP contribution in [0.2, 0.25) is 0 Å². The molecule has 0 bridgehead atoms. The van der Waals surface area contributed by atoms with Gasteiger partial charge in [0, 0.05) is 17.3 Å².